The van der Waals surface area contributed by atoms with Crippen LogP contribution in [0.3, 0.4) is 0 Å². The molecule has 0 spiro atoms. The summed E-state index contributed by atoms with van der Waals surface area (Å²) >= 11 is 13.9. The third-order valence-electron chi connectivity index (χ3n) is 3.14. The summed E-state index contributed by atoms with van der Waals surface area (Å²) in [6.07, 6.45) is 1.29. The van der Waals surface area contributed by atoms with Crippen molar-refractivity contribution in [3.63, 3.8) is 0 Å². The van der Waals surface area contributed by atoms with Crippen LogP contribution < -0.4 is 10.2 Å². The molecule has 1 saturated heterocycles. The lowest BCUT2D eigenvalue weighted by Gasteiger charge is -2.28. The van der Waals surface area contributed by atoms with Crippen molar-refractivity contribution >= 4 is 68.4 Å². The first-order valence-electron chi connectivity index (χ1n) is 6.48. The summed E-state index contributed by atoms with van der Waals surface area (Å²) in [7, 11) is 0. The monoisotopic (exact) mass is 428 g/mol. The van der Waals surface area contributed by atoms with Crippen LogP contribution in [0.15, 0.2) is 45.0 Å². The Morgan fingerprint density at radius 2 is 2.04 bits per heavy atom. The molecule has 5 nitrogen and oxygen atoms in total. The van der Waals surface area contributed by atoms with Gasteiger partial charge in [-0.05, 0) is 64.6 Å². The number of carbonyl (C=O) groups is 2. The Morgan fingerprint density at radius 1 is 1.29 bits per heavy atom. The minimum absolute atomic E-state index is 0.120. The average molecular weight is 430 g/mol. The quantitative estimate of drug-likeness (QED) is 0.449. The average Bonchev–Trinajstić information content (AvgIpc) is 2.92. The van der Waals surface area contributed by atoms with Gasteiger partial charge in [0.05, 0.1) is 10.7 Å². The Labute approximate surface area is 154 Å². The van der Waals surface area contributed by atoms with Crippen molar-refractivity contribution in [2.45, 2.75) is 0 Å². The van der Waals surface area contributed by atoms with Crippen molar-refractivity contribution in [2.75, 3.05) is 4.90 Å². The van der Waals surface area contributed by atoms with Crippen LogP contribution in [0.5, 0.6) is 0 Å². The lowest BCUT2D eigenvalue weighted by atomic mass is 10.1. The summed E-state index contributed by atoms with van der Waals surface area (Å²) in [4.78, 5) is 25.8. The highest BCUT2D eigenvalue weighted by Crippen LogP contribution is 2.27. The molecule has 9 heteroatoms. The molecule has 0 saturated carbocycles. The van der Waals surface area contributed by atoms with Crippen LogP contribution in [-0.2, 0) is 9.59 Å². The molecule has 2 aromatic rings. The first-order chi connectivity index (χ1) is 11.4. The van der Waals surface area contributed by atoms with Gasteiger partial charge >= 0.3 is 0 Å². The second-order valence-electron chi connectivity index (χ2n) is 4.70. The standard InChI is InChI=1S/C15H7BrClFN2O3S/c16-12-4-2-8(23-12)6-9-13(21)19-15(24)20(14(9)22)7-1-3-11(18)10(17)5-7/h1-6H,(H,19,21,24)/b9-6+. The molecule has 122 valence electrons. The van der Waals surface area contributed by atoms with E-state index in [-0.39, 0.29) is 21.4 Å². The maximum Gasteiger partial charge on any atom is 0.270 e. The van der Waals surface area contributed by atoms with Gasteiger partial charge in [-0.3, -0.25) is 19.8 Å². The van der Waals surface area contributed by atoms with Gasteiger partial charge in [0, 0.05) is 0 Å². The summed E-state index contributed by atoms with van der Waals surface area (Å²) < 4.78 is 19.0. The summed E-state index contributed by atoms with van der Waals surface area (Å²) in [5.74, 6) is -1.64. The fraction of sp³-hybridized carbons (Fsp3) is 0. The molecule has 2 heterocycles. The van der Waals surface area contributed by atoms with Crippen molar-refractivity contribution in [3.8, 4) is 0 Å². The molecule has 1 aliphatic rings. The molecule has 0 bridgehead atoms. The van der Waals surface area contributed by atoms with E-state index in [9.17, 15) is 14.0 Å². The number of benzene rings is 1. The van der Waals surface area contributed by atoms with Gasteiger partial charge in [-0.15, -0.1) is 0 Å². The smallest absolute Gasteiger partial charge is 0.270 e. The molecular weight excluding hydrogens is 423 g/mol. The summed E-state index contributed by atoms with van der Waals surface area (Å²) in [6.45, 7) is 0. The van der Waals surface area contributed by atoms with Crippen LogP contribution in [-0.4, -0.2) is 16.9 Å². The van der Waals surface area contributed by atoms with E-state index >= 15 is 0 Å². The zero-order chi connectivity index (χ0) is 17.4. The number of nitrogens with zero attached hydrogens (tertiary/aromatic N) is 1. The molecule has 1 aromatic heterocycles. The van der Waals surface area contributed by atoms with Crippen LogP contribution in [0.1, 0.15) is 5.76 Å². The highest BCUT2D eigenvalue weighted by molar-refractivity contribution is 9.10. The van der Waals surface area contributed by atoms with Gasteiger partial charge in [0.15, 0.2) is 9.78 Å². The minimum atomic E-state index is -0.668. The zero-order valence-electron chi connectivity index (χ0n) is 11.7. The fourth-order valence-electron chi connectivity index (χ4n) is 2.06. The van der Waals surface area contributed by atoms with E-state index < -0.39 is 17.6 Å². The van der Waals surface area contributed by atoms with Crippen LogP contribution in [0.25, 0.3) is 6.08 Å². The van der Waals surface area contributed by atoms with Gasteiger partial charge < -0.3 is 4.42 Å². The Kier molecular flexibility index (Phi) is 4.53. The number of carbonyl (C=O) groups excluding carboxylic acids is 2. The largest absolute Gasteiger partial charge is 0.450 e. The van der Waals surface area contributed by atoms with Gasteiger partial charge in [-0.25, -0.2) is 4.39 Å². The number of thiocarbonyl (C=S) groups is 1. The normalized spacial score (nSPS) is 16.7. The molecule has 0 unspecified atom stereocenters. The second-order valence-corrected chi connectivity index (χ2v) is 6.27. The number of amides is 2. The number of furan rings is 1. The lowest BCUT2D eigenvalue weighted by molar-refractivity contribution is -0.122. The molecule has 1 fully saturated rings. The SMILES string of the molecule is O=C1NC(=S)N(c2ccc(F)c(Cl)c2)C(=O)/C1=C/c1ccc(Br)o1. The molecule has 1 aliphatic heterocycles. The maximum absolute atomic E-state index is 13.3. The maximum atomic E-state index is 13.3. The van der Waals surface area contributed by atoms with Crippen molar-refractivity contribution < 1.29 is 18.4 Å². The van der Waals surface area contributed by atoms with Crippen molar-refractivity contribution in [1.29, 1.82) is 0 Å². The van der Waals surface area contributed by atoms with E-state index in [0.717, 1.165) is 11.0 Å². The number of anilines is 1. The second kappa shape index (κ2) is 6.46. The van der Waals surface area contributed by atoms with E-state index in [1.54, 1.807) is 12.1 Å². The van der Waals surface area contributed by atoms with E-state index in [1.807, 2.05) is 0 Å². The lowest BCUT2D eigenvalue weighted by Crippen LogP contribution is -2.54. The van der Waals surface area contributed by atoms with Gasteiger partial charge in [-0.1, -0.05) is 11.6 Å². The van der Waals surface area contributed by atoms with E-state index in [2.05, 4.69) is 21.2 Å². The predicted octanol–water partition coefficient (Wildman–Crippen LogP) is 3.67. The third kappa shape index (κ3) is 3.12. The number of halogens is 3. The molecule has 0 atom stereocenters. The molecule has 0 radical (unpaired) electrons. The number of nitrogens with one attached hydrogen (secondary N) is 1. The Hall–Kier alpha value is -2.03. The Morgan fingerprint density at radius 3 is 2.67 bits per heavy atom. The highest BCUT2D eigenvalue weighted by Gasteiger charge is 2.35. The summed E-state index contributed by atoms with van der Waals surface area (Å²) in [6, 6.07) is 6.91. The molecule has 24 heavy (non-hydrogen) atoms. The molecule has 3 rings (SSSR count). The van der Waals surface area contributed by atoms with Gasteiger partial charge in [0.2, 0.25) is 0 Å². The molecule has 0 aliphatic carbocycles. The summed E-state index contributed by atoms with van der Waals surface area (Å²) in [5, 5.41) is 2.12. The minimum Gasteiger partial charge on any atom is -0.450 e. The zero-order valence-corrected chi connectivity index (χ0v) is 14.8. The van der Waals surface area contributed by atoms with Crippen molar-refractivity contribution in [3.05, 3.63) is 57.2 Å². The van der Waals surface area contributed by atoms with Crippen LogP contribution in [0.2, 0.25) is 5.02 Å². The van der Waals surface area contributed by atoms with Gasteiger partial charge in [-0.2, -0.15) is 0 Å². The number of rotatable bonds is 2. The van der Waals surface area contributed by atoms with Crippen LogP contribution in [0, 0.1) is 5.82 Å². The van der Waals surface area contributed by atoms with Gasteiger partial charge in [0.1, 0.15) is 17.2 Å². The van der Waals surface area contributed by atoms with Crippen molar-refractivity contribution in [1.82, 2.24) is 5.32 Å². The highest BCUT2D eigenvalue weighted by atomic mass is 79.9. The first-order valence-corrected chi connectivity index (χ1v) is 8.06. The predicted molar refractivity (Wildman–Crippen MR) is 94.0 cm³/mol. The first kappa shape index (κ1) is 16.8. The fourth-order valence-corrected chi connectivity index (χ4v) is 2.84. The number of hydrogen-bond donors (Lipinski definition) is 1. The topological polar surface area (TPSA) is 62.6 Å². The van der Waals surface area contributed by atoms with E-state index in [1.165, 1.54) is 18.2 Å². The van der Waals surface area contributed by atoms with E-state index in [0.29, 0.717) is 10.4 Å². The molecule has 1 N–H and O–H groups in total. The molecule has 1 aromatic carbocycles. The van der Waals surface area contributed by atoms with Crippen LogP contribution in [0.4, 0.5) is 10.1 Å². The van der Waals surface area contributed by atoms with E-state index in [4.69, 9.17) is 28.2 Å². The third-order valence-corrected chi connectivity index (χ3v) is 4.14. The van der Waals surface area contributed by atoms with Crippen LogP contribution >= 0.6 is 39.7 Å². The Bertz CT molecular complexity index is 912. The van der Waals surface area contributed by atoms with Crippen molar-refractivity contribution in [2.24, 2.45) is 0 Å². The van der Waals surface area contributed by atoms with Gasteiger partial charge in [0.25, 0.3) is 11.8 Å². The summed E-state index contributed by atoms with van der Waals surface area (Å²) in [5.41, 5.74) is 0.0637. The molecular formula is C15H7BrClFN2O3S. The molecule has 2 amide bonds. The Balaban J connectivity index is 2.02. The number of hydrogen-bond acceptors (Lipinski definition) is 4.